The second kappa shape index (κ2) is 9.33. The minimum Gasteiger partial charge on any atom is -0.390 e. The number of nitrogens with one attached hydrogen (secondary N) is 1. The van der Waals surface area contributed by atoms with Crippen molar-refractivity contribution in [1.82, 2.24) is 24.6 Å². The van der Waals surface area contributed by atoms with Crippen LogP contribution >= 0.6 is 11.6 Å². The van der Waals surface area contributed by atoms with Crippen molar-refractivity contribution in [3.8, 4) is 17.3 Å². The fraction of sp³-hybridized carbons (Fsp3) is 0.364. The van der Waals surface area contributed by atoms with Crippen LogP contribution in [0, 0.1) is 11.3 Å². The van der Waals surface area contributed by atoms with Crippen LogP contribution < -0.4 is 5.32 Å². The van der Waals surface area contributed by atoms with Crippen molar-refractivity contribution in [3.05, 3.63) is 59.3 Å². The van der Waals surface area contributed by atoms with Crippen molar-refractivity contribution >= 4 is 17.5 Å². The molecule has 2 aromatic heterocycles. The molecule has 1 unspecified atom stereocenters. The molecular weight excluding hydrogens is 416 g/mol. The number of rotatable bonds is 8. The number of nitriles is 1. The second-order valence-corrected chi connectivity index (χ2v) is 8.57. The fourth-order valence-corrected chi connectivity index (χ4v) is 3.23. The van der Waals surface area contributed by atoms with E-state index in [1.54, 1.807) is 53.8 Å². The van der Waals surface area contributed by atoms with Crippen molar-refractivity contribution in [2.75, 3.05) is 0 Å². The van der Waals surface area contributed by atoms with Crippen LogP contribution in [0.5, 0.6) is 0 Å². The Kier molecular flexibility index (Phi) is 6.78. The van der Waals surface area contributed by atoms with Gasteiger partial charge in [0, 0.05) is 30.5 Å². The van der Waals surface area contributed by atoms with Crippen molar-refractivity contribution < 1.29 is 9.90 Å². The lowest BCUT2D eigenvalue weighted by molar-refractivity contribution is 0.0662. The molecule has 162 valence electrons. The predicted octanol–water partition coefficient (Wildman–Crippen LogP) is 3.25. The Morgan fingerprint density at radius 3 is 2.84 bits per heavy atom. The molecule has 0 saturated heterocycles. The highest BCUT2D eigenvalue weighted by Crippen LogP contribution is 2.24. The van der Waals surface area contributed by atoms with Crippen LogP contribution in [-0.4, -0.2) is 42.0 Å². The van der Waals surface area contributed by atoms with Gasteiger partial charge in [-0.3, -0.25) is 9.48 Å². The number of benzene rings is 1. The molecule has 0 aliphatic heterocycles. The van der Waals surface area contributed by atoms with Gasteiger partial charge >= 0.3 is 0 Å². The summed E-state index contributed by atoms with van der Waals surface area (Å²) in [6.07, 6.45) is 5.66. The molecule has 1 amide bonds. The van der Waals surface area contributed by atoms with E-state index in [1.807, 2.05) is 25.3 Å². The molecule has 0 radical (unpaired) electrons. The molecule has 0 aliphatic rings. The number of carbonyl (C=O) groups excluding carboxylic acids is 1. The molecule has 2 N–H and O–H groups in total. The number of carbonyl (C=O) groups is 1. The average Bonchev–Trinajstić information content (AvgIpc) is 3.35. The number of aryl methyl sites for hydroxylation is 1. The molecule has 0 saturated carbocycles. The normalized spacial score (nSPS) is 12.4. The first-order valence-electron chi connectivity index (χ1n) is 9.93. The first-order valence-corrected chi connectivity index (χ1v) is 10.3. The van der Waals surface area contributed by atoms with Crippen LogP contribution in [0.2, 0.25) is 5.02 Å². The van der Waals surface area contributed by atoms with Gasteiger partial charge in [0.25, 0.3) is 5.91 Å². The molecule has 1 aromatic carbocycles. The lowest BCUT2D eigenvalue weighted by Crippen LogP contribution is -2.36. The summed E-state index contributed by atoms with van der Waals surface area (Å²) < 4.78 is 3.54. The summed E-state index contributed by atoms with van der Waals surface area (Å²) in [4.78, 5) is 16.6. The number of halogens is 1. The molecule has 8 nitrogen and oxygen atoms in total. The third-order valence-corrected chi connectivity index (χ3v) is 5.02. The Morgan fingerprint density at radius 1 is 1.39 bits per heavy atom. The van der Waals surface area contributed by atoms with Gasteiger partial charge in [-0.1, -0.05) is 17.7 Å². The Morgan fingerprint density at radius 2 is 2.16 bits per heavy atom. The van der Waals surface area contributed by atoms with E-state index in [4.69, 9.17) is 16.9 Å². The van der Waals surface area contributed by atoms with E-state index in [-0.39, 0.29) is 11.9 Å². The first-order chi connectivity index (χ1) is 14.6. The zero-order valence-electron chi connectivity index (χ0n) is 17.7. The summed E-state index contributed by atoms with van der Waals surface area (Å²) in [6.45, 7) is 6.44. The Labute approximate surface area is 186 Å². The zero-order chi connectivity index (χ0) is 22.6. The van der Waals surface area contributed by atoms with Gasteiger partial charge in [0.15, 0.2) is 0 Å². The SMILES string of the molecule is CC(Cn1ccc(-c2ccc(C#N)c(Cl)c2)n1)NC(=O)c1cn(CCC(C)(C)O)cn1. The highest BCUT2D eigenvalue weighted by Gasteiger charge is 2.16. The molecule has 0 fully saturated rings. The average molecular weight is 441 g/mol. The topological polar surface area (TPSA) is 109 Å². The Bertz CT molecular complexity index is 1110. The third kappa shape index (κ3) is 6.17. The van der Waals surface area contributed by atoms with Crippen molar-refractivity contribution in [1.29, 1.82) is 5.26 Å². The van der Waals surface area contributed by atoms with Crippen LogP contribution in [0.1, 0.15) is 43.2 Å². The molecular formula is C22H25ClN6O2. The first kappa shape index (κ1) is 22.5. The van der Waals surface area contributed by atoms with Crippen LogP contribution in [0.15, 0.2) is 43.0 Å². The van der Waals surface area contributed by atoms with Gasteiger partial charge in [0.2, 0.25) is 0 Å². The van der Waals surface area contributed by atoms with Crippen LogP contribution in [0.4, 0.5) is 0 Å². The lowest BCUT2D eigenvalue weighted by Gasteiger charge is -2.16. The van der Waals surface area contributed by atoms with Crippen molar-refractivity contribution in [2.24, 2.45) is 0 Å². The van der Waals surface area contributed by atoms with Gasteiger partial charge in [0.05, 0.1) is 34.8 Å². The highest BCUT2D eigenvalue weighted by molar-refractivity contribution is 6.32. The maximum atomic E-state index is 12.5. The molecule has 31 heavy (non-hydrogen) atoms. The van der Waals surface area contributed by atoms with E-state index in [9.17, 15) is 9.90 Å². The van der Waals surface area contributed by atoms with Gasteiger partial charge in [-0.25, -0.2) is 4.98 Å². The summed E-state index contributed by atoms with van der Waals surface area (Å²) in [7, 11) is 0. The standard InChI is InChI=1S/C22H25ClN6O2/c1-15(26-21(30)20-13-28(14-25-20)9-7-22(2,3)31)12-29-8-6-19(27-29)16-4-5-17(11-24)18(23)10-16/h4-6,8,10,13-15,31H,7,9,12H2,1-3H3,(H,26,30). The van der Waals surface area contributed by atoms with Crippen LogP contribution in [-0.2, 0) is 13.1 Å². The number of imidazole rings is 1. The number of hydrogen-bond acceptors (Lipinski definition) is 5. The lowest BCUT2D eigenvalue weighted by atomic mass is 10.1. The smallest absolute Gasteiger partial charge is 0.271 e. The maximum absolute atomic E-state index is 12.5. The monoisotopic (exact) mass is 440 g/mol. The van der Waals surface area contributed by atoms with Gasteiger partial charge in [-0.15, -0.1) is 0 Å². The van der Waals surface area contributed by atoms with E-state index >= 15 is 0 Å². The summed E-state index contributed by atoms with van der Waals surface area (Å²) in [5.74, 6) is -0.263. The van der Waals surface area contributed by atoms with Crippen molar-refractivity contribution in [3.63, 3.8) is 0 Å². The number of nitrogens with zero attached hydrogens (tertiary/aromatic N) is 5. The van der Waals surface area contributed by atoms with E-state index < -0.39 is 5.60 Å². The third-order valence-electron chi connectivity index (χ3n) is 4.71. The largest absolute Gasteiger partial charge is 0.390 e. The summed E-state index contributed by atoms with van der Waals surface area (Å²) in [6, 6.07) is 8.90. The van der Waals surface area contributed by atoms with Gasteiger partial charge < -0.3 is 15.0 Å². The molecule has 1 atom stereocenters. The van der Waals surface area contributed by atoms with Gasteiger partial charge in [0.1, 0.15) is 11.8 Å². The van der Waals surface area contributed by atoms with Gasteiger partial charge in [-0.05, 0) is 45.4 Å². The molecule has 2 heterocycles. The summed E-state index contributed by atoms with van der Waals surface area (Å²) in [5.41, 5.74) is 1.53. The Hall–Kier alpha value is -3.15. The zero-order valence-corrected chi connectivity index (χ0v) is 18.5. The molecule has 0 bridgehead atoms. The molecule has 0 spiro atoms. The van der Waals surface area contributed by atoms with E-state index in [1.165, 1.54) is 0 Å². The minimum atomic E-state index is -0.771. The molecule has 0 aliphatic carbocycles. The summed E-state index contributed by atoms with van der Waals surface area (Å²) >= 11 is 6.11. The van der Waals surface area contributed by atoms with E-state index in [0.29, 0.717) is 35.8 Å². The van der Waals surface area contributed by atoms with Crippen molar-refractivity contribution in [2.45, 2.75) is 51.9 Å². The molecule has 3 rings (SSSR count). The number of aliphatic hydroxyl groups is 1. The van der Waals surface area contributed by atoms with E-state index in [0.717, 1.165) is 11.3 Å². The van der Waals surface area contributed by atoms with Gasteiger partial charge in [-0.2, -0.15) is 10.4 Å². The summed E-state index contributed by atoms with van der Waals surface area (Å²) in [5, 5.41) is 26.7. The maximum Gasteiger partial charge on any atom is 0.271 e. The minimum absolute atomic E-state index is 0.175. The number of hydrogen-bond donors (Lipinski definition) is 2. The molecule has 9 heteroatoms. The predicted molar refractivity (Wildman–Crippen MR) is 117 cm³/mol. The van der Waals surface area contributed by atoms with E-state index in [2.05, 4.69) is 15.4 Å². The highest BCUT2D eigenvalue weighted by atomic mass is 35.5. The number of amides is 1. The number of aromatic nitrogens is 4. The fourth-order valence-electron chi connectivity index (χ4n) is 3.01. The quantitative estimate of drug-likeness (QED) is 0.558. The molecule has 3 aromatic rings. The Balaban J connectivity index is 1.57. The van der Waals surface area contributed by atoms with Crippen LogP contribution in [0.3, 0.4) is 0 Å². The van der Waals surface area contributed by atoms with Crippen LogP contribution in [0.25, 0.3) is 11.3 Å². The second-order valence-electron chi connectivity index (χ2n) is 8.16.